The predicted octanol–water partition coefficient (Wildman–Crippen LogP) is 6.77. The minimum Gasteiger partial charge on any atom is -0.385 e. The molecule has 4 rings (SSSR count). The molecular weight excluding hydrogens is 452 g/mol. The Morgan fingerprint density at radius 2 is 1.31 bits per heavy atom. The van der Waals surface area contributed by atoms with Crippen LogP contribution in [-0.4, -0.2) is 13.7 Å². The number of methoxy groups -OCH3 is 1. The molecule has 0 aliphatic carbocycles. The summed E-state index contributed by atoms with van der Waals surface area (Å²) in [4.78, 5) is 0. The van der Waals surface area contributed by atoms with Crippen molar-refractivity contribution in [2.24, 2.45) is 0 Å². The molecule has 0 heterocycles. The molecule has 5 heteroatoms. The highest BCUT2D eigenvalue weighted by molar-refractivity contribution is 5.84. The van der Waals surface area contributed by atoms with E-state index in [0.29, 0.717) is 29.5 Å². The number of halogens is 4. The smallest absolute Gasteiger partial charge is 0.166 e. The van der Waals surface area contributed by atoms with E-state index in [2.05, 4.69) is 23.7 Å². The summed E-state index contributed by atoms with van der Waals surface area (Å²) < 4.78 is 61.1. The quantitative estimate of drug-likeness (QED) is 0.181. The predicted molar refractivity (Wildman–Crippen MR) is 129 cm³/mol. The fourth-order valence-electron chi connectivity index (χ4n) is 3.55. The third-order valence-corrected chi connectivity index (χ3v) is 5.41. The summed E-state index contributed by atoms with van der Waals surface area (Å²) in [5.41, 5.74) is 2.18. The Bertz CT molecular complexity index is 1520. The van der Waals surface area contributed by atoms with Gasteiger partial charge in [-0.2, -0.15) is 0 Å². The normalized spacial score (nSPS) is 10.4. The van der Waals surface area contributed by atoms with E-state index in [9.17, 15) is 17.6 Å². The van der Waals surface area contributed by atoms with Crippen molar-refractivity contribution in [1.29, 1.82) is 0 Å². The van der Waals surface area contributed by atoms with E-state index in [1.54, 1.807) is 31.4 Å². The van der Waals surface area contributed by atoms with E-state index in [1.807, 2.05) is 6.07 Å². The van der Waals surface area contributed by atoms with Crippen LogP contribution < -0.4 is 0 Å². The van der Waals surface area contributed by atoms with Crippen molar-refractivity contribution in [3.05, 3.63) is 118 Å². The van der Waals surface area contributed by atoms with Gasteiger partial charge in [-0.05, 0) is 72.3 Å². The first-order chi connectivity index (χ1) is 16.9. The summed E-state index contributed by atoms with van der Waals surface area (Å²) in [7, 11) is 1.62. The number of ether oxygens (including phenoxy) is 1. The second-order valence-electron chi connectivity index (χ2n) is 7.90. The molecule has 0 N–H and O–H groups in total. The number of rotatable bonds is 4. The van der Waals surface area contributed by atoms with Gasteiger partial charge >= 0.3 is 0 Å². The second-order valence-corrected chi connectivity index (χ2v) is 7.90. The number of hydrogen-bond donors (Lipinski definition) is 0. The molecule has 0 aliphatic rings. The van der Waals surface area contributed by atoms with Crippen molar-refractivity contribution in [2.45, 2.75) is 12.8 Å². The maximum atomic E-state index is 14.6. The second kappa shape index (κ2) is 10.9. The van der Waals surface area contributed by atoms with Crippen LogP contribution >= 0.6 is 0 Å². The van der Waals surface area contributed by atoms with E-state index in [1.165, 1.54) is 30.3 Å². The van der Waals surface area contributed by atoms with Crippen molar-refractivity contribution in [1.82, 2.24) is 0 Å². The summed E-state index contributed by atoms with van der Waals surface area (Å²) in [6.07, 6.45) is 1.51. The van der Waals surface area contributed by atoms with Crippen LogP contribution in [0.1, 0.15) is 34.2 Å². The van der Waals surface area contributed by atoms with Crippen LogP contribution in [0.4, 0.5) is 17.6 Å². The van der Waals surface area contributed by atoms with Gasteiger partial charge in [0, 0.05) is 30.2 Å². The zero-order chi connectivity index (χ0) is 24.8. The molecule has 0 amide bonds. The average molecular weight is 472 g/mol. The summed E-state index contributed by atoms with van der Waals surface area (Å²) in [5.74, 6) is 8.29. The lowest BCUT2D eigenvalue weighted by molar-refractivity contribution is 0.195. The molecule has 0 unspecified atom stereocenters. The first-order valence-electron chi connectivity index (χ1n) is 10.9. The molecule has 0 saturated carbocycles. The van der Waals surface area contributed by atoms with Gasteiger partial charge in [-0.25, -0.2) is 17.6 Å². The van der Waals surface area contributed by atoms with Crippen LogP contribution in [-0.2, 0) is 11.2 Å². The lowest BCUT2D eigenvalue weighted by Crippen LogP contribution is -1.94. The molecule has 0 radical (unpaired) electrons. The summed E-state index contributed by atoms with van der Waals surface area (Å²) in [6.45, 7) is 0.610. The van der Waals surface area contributed by atoms with E-state index in [4.69, 9.17) is 4.74 Å². The Morgan fingerprint density at radius 3 is 2.00 bits per heavy atom. The van der Waals surface area contributed by atoms with Crippen molar-refractivity contribution in [3.8, 4) is 23.7 Å². The molecule has 0 bridgehead atoms. The van der Waals surface area contributed by atoms with Gasteiger partial charge in [0.15, 0.2) is 11.6 Å². The van der Waals surface area contributed by atoms with Gasteiger partial charge < -0.3 is 4.74 Å². The first-order valence-corrected chi connectivity index (χ1v) is 10.9. The van der Waals surface area contributed by atoms with Crippen LogP contribution in [0.3, 0.4) is 0 Å². The third kappa shape index (κ3) is 5.90. The molecule has 35 heavy (non-hydrogen) atoms. The van der Waals surface area contributed by atoms with Gasteiger partial charge in [0.2, 0.25) is 0 Å². The van der Waals surface area contributed by atoms with Gasteiger partial charge in [0.05, 0.1) is 11.1 Å². The standard InChI is InChI=1S/C30H20F4O/c1-35-16-2-3-20-4-9-23(28(32)18-20)11-6-22-7-12-24(29(33)19-22)10-5-21-8-14-26-25(17-21)13-15-27(31)30(26)34/h4,7-9,12-15,17-19H,2-3,16H2,1H3. The fraction of sp³-hybridized carbons (Fsp3) is 0.133. The fourth-order valence-corrected chi connectivity index (χ4v) is 3.55. The molecule has 0 aliphatic heterocycles. The van der Waals surface area contributed by atoms with Crippen LogP contribution in [0.15, 0.2) is 66.7 Å². The molecule has 0 fully saturated rings. The molecule has 174 valence electrons. The topological polar surface area (TPSA) is 9.23 Å². The van der Waals surface area contributed by atoms with Crippen LogP contribution in [0.2, 0.25) is 0 Å². The Kier molecular flexibility index (Phi) is 7.51. The Balaban J connectivity index is 1.50. The molecular formula is C30H20F4O. The van der Waals surface area contributed by atoms with E-state index in [0.717, 1.165) is 18.1 Å². The summed E-state index contributed by atoms with van der Waals surface area (Å²) in [5, 5.41) is 0.652. The third-order valence-electron chi connectivity index (χ3n) is 5.41. The SMILES string of the molecule is COCCCc1ccc(C#Cc2ccc(C#Cc3ccc4c(F)c(F)ccc4c3)c(F)c2)c(F)c1. The molecule has 1 nitrogen and oxygen atoms in total. The molecule has 0 saturated heterocycles. The van der Waals surface area contributed by atoms with E-state index < -0.39 is 23.3 Å². The van der Waals surface area contributed by atoms with Crippen LogP contribution in [0.25, 0.3) is 10.8 Å². The molecule has 0 aromatic heterocycles. The lowest BCUT2D eigenvalue weighted by Gasteiger charge is -2.02. The Labute approximate surface area is 201 Å². The zero-order valence-electron chi connectivity index (χ0n) is 18.9. The van der Waals surface area contributed by atoms with E-state index >= 15 is 0 Å². The number of benzene rings is 4. The van der Waals surface area contributed by atoms with Crippen LogP contribution in [0, 0.1) is 47.0 Å². The molecule has 4 aromatic carbocycles. The van der Waals surface area contributed by atoms with Crippen molar-refractivity contribution >= 4 is 10.8 Å². The largest absolute Gasteiger partial charge is 0.385 e. The molecule has 0 spiro atoms. The monoisotopic (exact) mass is 472 g/mol. The maximum Gasteiger partial charge on any atom is 0.166 e. The number of aryl methyl sites for hydroxylation is 1. The number of hydrogen-bond acceptors (Lipinski definition) is 1. The highest BCUT2D eigenvalue weighted by atomic mass is 19.2. The highest BCUT2D eigenvalue weighted by Gasteiger charge is 2.07. The highest BCUT2D eigenvalue weighted by Crippen LogP contribution is 2.21. The lowest BCUT2D eigenvalue weighted by atomic mass is 10.1. The Hall–Kier alpha value is -4.06. The summed E-state index contributed by atoms with van der Waals surface area (Å²) in [6, 6.07) is 16.4. The Morgan fingerprint density at radius 1 is 0.657 bits per heavy atom. The van der Waals surface area contributed by atoms with E-state index in [-0.39, 0.29) is 16.5 Å². The molecule has 4 aromatic rings. The van der Waals surface area contributed by atoms with Gasteiger partial charge in [0.1, 0.15) is 11.6 Å². The number of fused-ring (bicyclic) bond motifs is 1. The average Bonchev–Trinajstić information content (AvgIpc) is 2.85. The van der Waals surface area contributed by atoms with Crippen LogP contribution in [0.5, 0.6) is 0 Å². The van der Waals surface area contributed by atoms with Gasteiger partial charge in [0.25, 0.3) is 0 Å². The van der Waals surface area contributed by atoms with Gasteiger partial charge in [-0.3, -0.25) is 0 Å². The minimum absolute atomic E-state index is 0.154. The zero-order valence-corrected chi connectivity index (χ0v) is 18.9. The van der Waals surface area contributed by atoms with Gasteiger partial charge in [-0.15, -0.1) is 0 Å². The first kappa shape index (κ1) is 24.1. The minimum atomic E-state index is -0.917. The van der Waals surface area contributed by atoms with Crippen molar-refractivity contribution in [2.75, 3.05) is 13.7 Å². The van der Waals surface area contributed by atoms with Crippen molar-refractivity contribution in [3.63, 3.8) is 0 Å². The maximum absolute atomic E-state index is 14.6. The van der Waals surface area contributed by atoms with Crippen molar-refractivity contribution < 1.29 is 22.3 Å². The molecule has 0 atom stereocenters. The summed E-state index contributed by atoms with van der Waals surface area (Å²) >= 11 is 0. The van der Waals surface area contributed by atoms with Gasteiger partial charge in [-0.1, -0.05) is 41.9 Å².